The number of aliphatic hydroxyl groups excluding tert-OH is 2. The van der Waals surface area contributed by atoms with Crippen molar-refractivity contribution in [2.45, 2.75) is 48.7 Å². The number of benzene rings is 2. The molecule has 0 saturated heterocycles. The third-order valence-electron chi connectivity index (χ3n) is 4.10. The highest BCUT2D eigenvalue weighted by atomic mass is 32.2. The second-order valence-electron chi connectivity index (χ2n) is 6.19. The number of hydrogen-bond donors (Lipinski definition) is 2. The maximum atomic E-state index is 12.7. The van der Waals surface area contributed by atoms with Gasteiger partial charge in [-0.1, -0.05) is 13.8 Å². The monoisotopic (exact) mass is 394 g/mol. The van der Waals surface area contributed by atoms with Gasteiger partial charge in [-0.25, -0.2) is 8.42 Å². The van der Waals surface area contributed by atoms with Crippen molar-refractivity contribution < 1.29 is 28.1 Å². The molecule has 2 rings (SSSR count). The Bertz CT molecular complexity index is 736. The fraction of sp³-hybridized carbons (Fsp3) is 0.400. The minimum atomic E-state index is -3.65. The van der Waals surface area contributed by atoms with Gasteiger partial charge in [0.2, 0.25) is 9.84 Å². The highest BCUT2D eigenvalue weighted by Crippen LogP contribution is 2.25. The molecule has 0 amide bonds. The largest absolute Gasteiger partial charge is 0.491 e. The van der Waals surface area contributed by atoms with Gasteiger partial charge in [0, 0.05) is 0 Å². The lowest BCUT2D eigenvalue weighted by molar-refractivity contribution is 0.104. The minimum absolute atomic E-state index is 0.154. The molecule has 0 bridgehead atoms. The number of aliphatic hydroxyl groups is 2. The average molecular weight is 394 g/mol. The fourth-order valence-electron chi connectivity index (χ4n) is 2.19. The minimum Gasteiger partial charge on any atom is -0.491 e. The smallest absolute Gasteiger partial charge is 0.206 e. The standard InChI is InChI=1S/C20H26O6S/c1-3-15(21)13-25-17-5-9-19(10-6-17)27(23,24)20-11-7-18(8-12-20)26-14-16(22)4-2/h5-12,15-16,21-22H,3-4,13-14H2,1-2H3. The van der Waals surface area contributed by atoms with Crippen LogP contribution < -0.4 is 9.47 Å². The maximum Gasteiger partial charge on any atom is 0.206 e. The molecule has 7 heteroatoms. The first kappa shape index (κ1) is 21.2. The van der Waals surface area contributed by atoms with E-state index in [1.54, 1.807) is 24.3 Å². The van der Waals surface area contributed by atoms with Crippen molar-refractivity contribution in [2.75, 3.05) is 13.2 Å². The van der Waals surface area contributed by atoms with E-state index in [1.165, 1.54) is 24.3 Å². The van der Waals surface area contributed by atoms with E-state index in [1.807, 2.05) is 13.8 Å². The molecule has 0 aromatic heterocycles. The summed E-state index contributed by atoms with van der Waals surface area (Å²) >= 11 is 0. The summed E-state index contributed by atoms with van der Waals surface area (Å²) in [4.78, 5) is 0.307. The summed E-state index contributed by atoms with van der Waals surface area (Å²) < 4.78 is 36.3. The Morgan fingerprint density at radius 3 is 1.37 bits per heavy atom. The molecule has 2 N–H and O–H groups in total. The zero-order valence-electron chi connectivity index (χ0n) is 15.5. The van der Waals surface area contributed by atoms with Gasteiger partial charge in [-0.2, -0.15) is 0 Å². The molecule has 0 saturated carbocycles. The SMILES string of the molecule is CCC(O)COc1ccc(S(=O)(=O)c2ccc(OCC(O)CC)cc2)cc1. The molecule has 0 spiro atoms. The van der Waals surface area contributed by atoms with Crippen molar-refractivity contribution in [3.63, 3.8) is 0 Å². The van der Waals surface area contributed by atoms with Gasteiger partial charge < -0.3 is 19.7 Å². The number of rotatable bonds is 10. The Morgan fingerprint density at radius 2 is 1.07 bits per heavy atom. The topological polar surface area (TPSA) is 93.1 Å². The molecular formula is C20H26O6S. The van der Waals surface area contributed by atoms with Crippen LogP contribution >= 0.6 is 0 Å². The zero-order valence-corrected chi connectivity index (χ0v) is 16.4. The lowest BCUT2D eigenvalue weighted by Gasteiger charge is -2.12. The number of sulfone groups is 1. The van der Waals surface area contributed by atoms with E-state index in [9.17, 15) is 18.6 Å². The molecule has 148 valence electrons. The Hall–Kier alpha value is -2.09. The third kappa shape index (κ3) is 5.95. The lowest BCUT2D eigenvalue weighted by Crippen LogP contribution is -2.16. The second kappa shape index (κ2) is 9.73. The predicted octanol–water partition coefficient (Wildman–Crippen LogP) is 2.82. The highest BCUT2D eigenvalue weighted by molar-refractivity contribution is 7.91. The van der Waals surface area contributed by atoms with Crippen LogP contribution in [0.2, 0.25) is 0 Å². The normalized spacial score (nSPS) is 13.8. The highest BCUT2D eigenvalue weighted by Gasteiger charge is 2.18. The average Bonchev–Trinajstić information content (AvgIpc) is 2.70. The quantitative estimate of drug-likeness (QED) is 0.644. The van der Waals surface area contributed by atoms with Crippen LogP contribution in [0.1, 0.15) is 26.7 Å². The van der Waals surface area contributed by atoms with Crippen LogP contribution in [0.4, 0.5) is 0 Å². The van der Waals surface area contributed by atoms with E-state index < -0.39 is 22.0 Å². The van der Waals surface area contributed by atoms with Crippen LogP contribution in [0.25, 0.3) is 0 Å². The molecule has 0 aliphatic carbocycles. The molecule has 0 fully saturated rings. The van der Waals surface area contributed by atoms with Gasteiger partial charge in [0.05, 0.1) is 22.0 Å². The van der Waals surface area contributed by atoms with Gasteiger partial charge in [-0.15, -0.1) is 0 Å². The summed E-state index contributed by atoms with van der Waals surface area (Å²) in [5.41, 5.74) is 0. The molecule has 6 nitrogen and oxygen atoms in total. The first-order chi connectivity index (χ1) is 12.9. The molecule has 0 radical (unpaired) electrons. The molecule has 2 aromatic carbocycles. The van der Waals surface area contributed by atoms with Crippen molar-refractivity contribution in [1.29, 1.82) is 0 Å². The molecule has 0 heterocycles. The Kier molecular flexibility index (Phi) is 7.65. The van der Waals surface area contributed by atoms with E-state index in [-0.39, 0.29) is 23.0 Å². The fourth-order valence-corrected chi connectivity index (χ4v) is 3.45. The summed E-state index contributed by atoms with van der Waals surface area (Å²) in [6.07, 6.45) is 0.0767. The van der Waals surface area contributed by atoms with E-state index in [0.717, 1.165) is 0 Å². The third-order valence-corrected chi connectivity index (χ3v) is 5.88. The van der Waals surface area contributed by atoms with Crippen molar-refractivity contribution in [3.05, 3.63) is 48.5 Å². The van der Waals surface area contributed by atoms with Gasteiger partial charge in [0.1, 0.15) is 24.7 Å². The first-order valence-corrected chi connectivity index (χ1v) is 10.4. The molecule has 2 unspecified atom stereocenters. The van der Waals surface area contributed by atoms with E-state index >= 15 is 0 Å². The molecule has 2 aromatic rings. The lowest BCUT2D eigenvalue weighted by atomic mass is 10.3. The van der Waals surface area contributed by atoms with Crippen molar-refractivity contribution in [2.24, 2.45) is 0 Å². The summed E-state index contributed by atoms with van der Waals surface area (Å²) in [6, 6.07) is 12.2. The number of ether oxygens (including phenoxy) is 2. The van der Waals surface area contributed by atoms with E-state index in [4.69, 9.17) is 9.47 Å². The van der Waals surface area contributed by atoms with Gasteiger partial charge in [0.15, 0.2) is 0 Å². The summed E-state index contributed by atoms with van der Waals surface area (Å²) in [5.74, 6) is 0.999. The molecule has 0 aliphatic rings. The van der Waals surface area contributed by atoms with Crippen molar-refractivity contribution in [3.8, 4) is 11.5 Å². The molecule has 0 aliphatic heterocycles. The van der Waals surface area contributed by atoms with Crippen LogP contribution in [0, 0.1) is 0 Å². The predicted molar refractivity (Wildman–Crippen MR) is 102 cm³/mol. The van der Waals surface area contributed by atoms with Crippen LogP contribution in [0.5, 0.6) is 11.5 Å². The Labute approximate surface area is 160 Å². The van der Waals surface area contributed by atoms with Crippen LogP contribution in [0.3, 0.4) is 0 Å². The van der Waals surface area contributed by atoms with E-state index in [2.05, 4.69) is 0 Å². The Balaban J connectivity index is 2.06. The van der Waals surface area contributed by atoms with Crippen molar-refractivity contribution in [1.82, 2.24) is 0 Å². The van der Waals surface area contributed by atoms with Gasteiger partial charge in [-0.3, -0.25) is 0 Å². The van der Waals surface area contributed by atoms with Crippen molar-refractivity contribution >= 4 is 9.84 Å². The van der Waals surface area contributed by atoms with Gasteiger partial charge in [-0.05, 0) is 61.4 Å². The molecular weight excluding hydrogens is 368 g/mol. The first-order valence-electron chi connectivity index (χ1n) is 8.93. The summed E-state index contributed by atoms with van der Waals surface area (Å²) in [7, 11) is -3.65. The maximum absolute atomic E-state index is 12.7. The Morgan fingerprint density at radius 1 is 0.741 bits per heavy atom. The van der Waals surface area contributed by atoms with Crippen LogP contribution in [0.15, 0.2) is 58.3 Å². The van der Waals surface area contributed by atoms with Gasteiger partial charge >= 0.3 is 0 Å². The van der Waals surface area contributed by atoms with Crippen LogP contribution in [-0.2, 0) is 9.84 Å². The van der Waals surface area contributed by atoms with E-state index in [0.29, 0.717) is 24.3 Å². The molecule has 27 heavy (non-hydrogen) atoms. The zero-order chi connectivity index (χ0) is 19.9. The summed E-state index contributed by atoms with van der Waals surface area (Å²) in [5, 5.41) is 19.0. The van der Waals surface area contributed by atoms with Crippen LogP contribution in [-0.4, -0.2) is 44.1 Å². The number of hydrogen-bond acceptors (Lipinski definition) is 6. The van der Waals surface area contributed by atoms with Gasteiger partial charge in [0.25, 0.3) is 0 Å². The summed E-state index contributed by atoms with van der Waals surface area (Å²) in [6.45, 7) is 4.03. The molecule has 2 atom stereocenters. The second-order valence-corrected chi connectivity index (χ2v) is 8.14.